The molecule has 2 N–H and O–H groups in total. The summed E-state index contributed by atoms with van der Waals surface area (Å²) in [6.07, 6.45) is 13.3. The monoisotopic (exact) mass is 864 g/mol. The molecule has 12 nitrogen and oxygen atoms in total. The second-order valence-electron chi connectivity index (χ2n) is 15.3. The average molecular weight is 865 g/mol. The van der Waals surface area contributed by atoms with E-state index < -0.39 is 23.0 Å². The van der Waals surface area contributed by atoms with Crippen molar-refractivity contribution in [2.24, 2.45) is 0 Å². The van der Waals surface area contributed by atoms with Crippen molar-refractivity contribution < 1.29 is 48.5 Å². The van der Waals surface area contributed by atoms with E-state index >= 15 is 0 Å². The fraction of sp³-hybridized carbons (Fsp3) is 0.458. The van der Waals surface area contributed by atoms with Gasteiger partial charge in [-0.15, -0.1) is 0 Å². The van der Waals surface area contributed by atoms with E-state index in [1.165, 1.54) is 0 Å². The Morgan fingerprint density at radius 1 is 0.557 bits per heavy atom. The second kappa shape index (κ2) is 27.4. The van der Waals surface area contributed by atoms with Crippen molar-refractivity contribution in [3.8, 4) is 0 Å². The van der Waals surface area contributed by atoms with E-state index in [-0.39, 0.29) is 87.2 Å². The maximum absolute atomic E-state index is 12.4. The number of aliphatic carboxylic acids is 2. The first-order chi connectivity index (χ1) is 28.7. The summed E-state index contributed by atoms with van der Waals surface area (Å²) in [6.45, 7) is 8.39. The molecule has 0 bridgehead atoms. The first-order valence-corrected chi connectivity index (χ1v) is 20.9. The van der Waals surface area contributed by atoms with E-state index in [1.807, 2.05) is 98.8 Å². The topological polar surface area (TPSA) is 191 Å². The van der Waals surface area contributed by atoms with Gasteiger partial charge in [0.2, 0.25) is 11.8 Å². The van der Waals surface area contributed by atoms with Crippen LogP contribution in [0.15, 0.2) is 96.1 Å². The van der Waals surface area contributed by atoms with Crippen LogP contribution in [0, 0.1) is 0 Å². The maximum Gasteiger partial charge on any atom is 2.00 e. The number of hydrogen-bond acceptors (Lipinski definition) is 10. The normalized spacial score (nSPS) is 17.9. The van der Waals surface area contributed by atoms with E-state index in [9.17, 15) is 39.0 Å². The third kappa shape index (κ3) is 19.0. The maximum atomic E-state index is 12.4. The molecular weight excluding hydrogens is 805 g/mol. The van der Waals surface area contributed by atoms with Gasteiger partial charge < -0.3 is 39.9 Å². The minimum atomic E-state index is -1.24. The van der Waals surface area contributed by atoms with E-state index in [0.29, 0.717) is 64.6 Å². The van der Waals surface area contributed by atoms with Crippen molar-refractivity contribution in [2.45, 2.75) is 129 Å². The summed E-state index contributed by atoms with van der Waals surface area (Å²) in [5.41, 5.74) is 5.59. The first kappa shape index (κ1) is 52.6. The van der Waals surface area contributed by atoms with Gasteiger partial charge in [0.1, 0.15) is 0 Å². The van der Waals surface area contributed by atoms with Gasteiger partial charge in [-0.2, -0.15) is 0 Å². The summed E-state index contributed by atoms with van der Waals surface area (Å²) in [4.78, 5) is 69.3. The van der Waals surface area contributed by atoms with Gasteiger partial charge in [-0.1, -0.05) is 109 Å². The zero-order valence-electron chi connectivity index (χ0n) is 36.2. The fourth-order valence-corrected chi connectivity index (χ4v) is 7.58. The molecule has 2 amide bonds. The summed E-state index contributed by atoms with van der Waals surface area (Å²) in [7, 11) is 0. The molecule has 0 fully saturated rings. The average Bonchev–Trinajstić information content (AvgIpc) is 3.21. The molecule has 2 aliphatic rings. The predicted octanol–water partition coefficient (Wildman–Crippen LogP) is 5.48. The fourth-order valence-electron chi connectivity index (χ4n) is 7.58. The van der Waals surface area contributed by atoms with Crippen molar-refractivity contribution >= 4 is 84.6 Å². The number of ether oxygens (including phenoxy) is 2. The summed E-state index contributed by atoms with van der Waals surface area (Å²) < 4.78 is 9.93. The van der Waals surface area contributed by atoms with Crippen molar-refractivity contribution in [1.29, 1.82) is 0 Å². The van der Waals surface area contributed by atoms with Crippen LogP contribution in [-0.2, 0) is 38.2 Å². The zero-order chi connectivity index (χ0) is 44.0. The van der Waals surface area contributed by atoms with Crippen LogP contribution in [0.2, 0.25) is 0 Å². The molecule has 0 aromatic heterocycles. The number of esters is 2. The van der Waals surface area contributed by atoms with Gasteiger partial charge in [0.15, 0.2) is 0 Å². The quantitative estimate of drug-likeness (QED) is 0.0872. The van der Waals surface area contributed by atoms with Crippen molar-refractivity contribution in [3.05, 3.63) is 107 Å². The third-order valence-electron chi connectivity index (χ3n) is 10.4. The number of rotatable bonds is 22. The number of carboxylic acid groups (broad SMARTS) is 2. The molecular formula is C48H60CaN2O10. The number of allylic oxidation sites excluding steroid dienone is 4. The van der Waals surface area contributed by atoms with Crippen LogP contribution in [-0.4, -0.2) is 97.7 Å². The van der Waals surface area contributed by atoms with E-state index in [1.54, 1.807) is 13.8 Å². The minimum absolute atomic E-state index is 0. The van der Waals surface area contributed by atoms with E-state index in [4.69, 9.17) is 9.47 Å². The molecule has 0 saturated carbocycles. The van der Waals surface area contributed by atoms with Crippen LogP contribution < -0.4 is 20.8 Å². The second-order valence-corrected chi connectivity index (χ2v) is 15.3. The third-order valence-corrected chi connectivity index (χ3v) is 10.4. The summed E-state index contributed by atoms with van der Waals surface area (Å²) in [6, 6.07) is 20.1. The Bertz CT molecular complexity index is 1770. The molecule has 2 atom stereocenters. The standard InChI is InChI=1S/2C24H31NO5.Ca/c2*1-3-30-23(29)11-7-8-15-24(25-21(26)12-13-22(27)28)16-14-20(18(2)17-24)19-9-5-4-6-10-19;/h2*4-6,9-10,14,16H,3,7-8,11-13,15,17H2,1-2H3,(H,25,26)(H,27,28);/q;;+2/p-2/t2*24-;/m11./s1. The van der Waals surface area contributed by atoms with E-state index in [0.717, 1.165) is 46.3 Å². The van der Waals surface area contributed by atoms with Crippen LogP contribution in [0.4, 0.5) is 0 Å². The van der Waals surface area contributed by atoms with Crippen LogP contribution >= 0.6 is 0 Å². The molecule has 13 heteroatoms. The molecule has 4 rings (SSSR count). The summed E-state index contributed by atoms with van der Waals surface area (Å²) >= 11 is 0. The number of carbonyl (C=O) groups is 6. The molecule has 0 radical (unpaired) electrons. The molecule has 324 valence electrons. The van der Waals surface area contributed by atoms with Crippen molar-refractivity contribution in [1.82, 2.24) is 10.6 Å². The molecule has 0 heterocycles. The predicted molar refractivity (Wildman–Crippen MR) is 232 cm³/mol. The Kier molecular flexibility index (Phi) is 23.7. The Hall–Kier alpha value is -4.52. The Labute approximate surface area is 390 Å². The Morgan fingerprint density at radius 2 is 0.918 bits per heavy atom. The first-order valence-electron chi connectivity index (χ1n) is 20.9. The number of unbranched alkanes of at least 4 members (excludes halogenated alkanes) is 2. The molecule has 0 unspecified atom stereocenters. The number of carbonyl (C=O) groups excluding carboxylic acids is 6. The Morgan fingerprint density at radius 3 is 1.23 bits per heavy atom. The van der Waals surface area contributed by atoms with Gasteiger partial charge in [0.25, 0.3) is 0 Å². The van der Waals surface area contributed by atoms with Crippen LogP contribution in [0.25, 0.3) is 11.1 Å². The smallest absolute Gasteiger partial charge is 0.550 e. The van der Waals surface area contributed by atoms with Crippen LogP contribution in [0.1, 0.15) is 129 Å². The van der Waals surface area contributed by atoms with E-state index in [2.05, 4.69) is 10.6 Å². The molecule has 2 aromatic carbocycles. The molecule has 61 heavy (non-hydrogen) atoms. The number of carboxylic acids is 2. The van der Waals surface area contributed by atoms with Crippen LogP contribution in [0.3, 0.4) is 0 Å². The minimum Gasteiger partial charge on any atom is -0.550 e. The van der Waals surface area contributed by atoms with Gasteiger partial charge in [-0.3, -0.25) is 19.2 Å². The van der Waals surface area contributed by atoms with Crippen molar-refractivity contribution in [2.75, 3.05) is 13.2 Å². The van der Waals surface area contributed by atoms with Crippen LogP contribution in [0.5, 0.6) is 0 Å². The summed E-state index contributed by atoms with van der Waals surface area (Å²) in [5.74, 6) is -3.54. The zero-order valence-corrected chi connectivity index (χ0v) is 38.4. The number of nitrogens with one attached hydrogen (secondary N) is 2. The molecule has 0 saturated heterocycles. The summed E-state index contributed by atoms with van der Waals surface area (Å²) in [5, 5.41) is 27.5. The molecule has 2 aliphatic carbocycles. The van der Waals surface area contributed by atoms with Gasteiger partial charge >= 0.3 is 49.7 Å². The number of benzene rings is 2. The van der Waals surface area contributed by atoms with Gasteiger partial charge in [0.05, 0.1) is 24.3 Å². The number of hydrogen-bond donors (Lipinski definition) is 2. The van der Waals surface area contributed by atoms with Gasteiger partial charge in [0, 0.05) is 37.6 Å². The largest absolute Gasteiger partial charge is 2.00 e. The van der Waals surface area contributed by atoms with Crippen molar-refractivity contribution in [3.63, 3.8) is 0 Å². The molecule has 0 spiro atoms. The SMILES string of the molecule is CCOC(=O)CCCC[C@@]1(NC(=O)CCC(=O)[O-])C=CC(c2ccccc2)=C(C)C1.CCOC(=O)CCCC[C@@]1(NC(=O)CCC(=O)[O-])C=CC(c2ccccc2)=C(C)C1.[Ca+2]. The molecule has 0 aliphatic heterocycles. The molecule has 2 aromatic rings. The van der Waals surface area contributed by atoms with Gasteiger partial charge in [-0.05, 0) is 101 Å². The number of amides is 2. The van der Waals surface area contributed by atoms with Gasteiger partial charge in [-0.25, -0.2) is 0 Å². The Balaban J connectivity index is 0.000000413.